The standard InChI is InChI=1S/C19H25N3O2/c1-14-10-15(2)12-21(11-14)19(24)13-22-18(23)9-8-17(20-22)16-6-4-3-5-7-16/h3-7,14-15H,8-13H2,1-2H3/t14-,15-/m1/s1. The molecule has 1 saturated heterocycles. The molecule has 0 N–H and O–H groups in total. The van der Waals surface area contributed by atoms with Gasteiger partial charge in [0.1, 0.15) is 6.54 Å². The summed E-state index contributed by atoms with van der Waals surface area (Å²) in [6.07, 6.45) is 2.20. The number of rotatable bonds is 3. The molecule has 0 bridgehead atoms. The molecule has 5 nitrogen and oxygen atoms in total. The number of benzene rings is 1. The lowest BCUT2D eigenvalue weighted by atomic mass is 9.92. The zero-order chi connectivity index (χ0) is 17.1. The number of hydrogen-bond acceptors (Lipinski definition) is 3. The van der Waals surface area contributed by atoms with Gasteiger partial charge in [-0.25, -0.2) is 5.01 Å². The Morgan fingerprint density at radius 1 is 1.12 bits per heavy atom. The van der Waals surface area contributed by atoms with Crippen molar-refractivity contribution < 1.29 is 9.59 Å². The molecule has 5 heteroatoms. The fourth-order valence-corrected chi connectivity index (χ4v) is 3.66. The van der Waals surface area contributed by atoms with Gasteiger partial charge < -0.3 is 4.90 Å². The van der Waals surface area contributed by atoms with Gasteiger partial charge in [0, 0.05) is 25.9 Å². The molecule has 24 heavy (non-hydrogen) atoms. The summed E-state index contributed by atoms with van der Waals surface area (Å²) >= 11 is 0. The predicted molar refractivity (Wildman–Crippen MR) is 93.5 cm³/mol. The lowest BCUT2D eigenvalue weighted by Gasteiger charge is -2.36. The van der Waals surface area contributed by atoms with Gasteiger partial charge >= 0.3 is 0 Å². The lowest BCUT2D eigenvalue weighted by Crippen LogP contribution is -2.47. The zero-order valence-corrected chi connectivity index (χ0v) is 14.4. The van der Waals surface area contributed by atoms with E-state index in [4.69, 9.17) is 0 Å². The van der Waals surface area contributed by atoms with Crippen molar-refractivity contribution in [1.29, 1.82) is 0 Å². The van der Waals surface area contributed by atoms with Crippen LogP contribution in [0.1, 0.15) is 38.7 Å². The Morgan fingerprint density at radius 3 is 2.46 bits per heavy atom. The highest BCUT2D eigenvalue weighted by molar-refractivity contribution is 6.04. The minimum Gasteiger partial charge on any atom is -0.341 e. The molecule has 0 aromatic heterocycles. The topological polar surface area (TPSA) is 53.0 Å². The molecule has 1 aromatic carbocycles. The Bertz CT molecular complexity index is 631. The van der Waals surface area contributed by atoms with E-state index in [0.29, 0.717) is 24.7 Å². The highest BCUT2D eigenvalue weighted by atomic mass is 16.2. The predicted octanol–water partition coefficient (Wildman–Crippen LogP) is 2.52. The summed E-state index contributed by atoms with van der Waals surface area (Å²) < 4.78 is 0. The maximum atomic E-state index is 12.6. The second-order valence-corrected chi connectivity index (χ2v) is 7.11. The van der Waals surface area contributed by atoms with E-state index in [1.807, 2.05) is 35.2 Å². The number of nitrogens with zero attached hydrogens (tertiary/aromatic N) is 3. The van der Waals surface area contributed by atoms with Gasteiger partial charge in [0.15, 0.2) is 0 Å². The Balaban J connectivity index is 1.70. The van der Waals surface area contributed by atoms with Crippen LogP contribution in [-0.4, -0.2) is 47.1 Å². The third-order valence-electron chi connectivity index (χ3n) is 4.72. The van der Waals surface area contributed by atoms with E-state index in [1.165, 1.54) is 5.01 Å². The van der Waals surface area contributed by atoms with Gasteiger partial charge in [0.2, 0.25) is 11.8 Å². The van der Waals surface area contributed by atoms with E-state index in [0.717, 1.165) is 30.8 Å². The van der Waals surface area contributed by atoms with Crippen molar-refractivity contribution >= 4 is 17.5 Å². The zero-order valence-electron chi connectivity index (χ0n) is 14.4. The molecule has 1 fully saturated rings. The Kier molecular flexibility index (Phi) is 4.97. The third kappa shape index (κ3) is 3.83. The van der Waals surface area contributed by atoms with Crippen molar-refractivity contribution in [1.82, 2.24) is 9.91 Å². The second-order valence-electron chi connectivity index (χ2n) is 7.11. The molecule has 128 valence electrons. The first-order valence-corrected chi connectivity index (χ1v) is 8.74. The molecule has 1 aromatic rings. The van der Waals surface area contributed by atoms with Gasteiger partial charge in [-0.3, -0.25) is 9.59 Å². The van der Waals surface area contributed by atoms with Crippen LogP contribution in [-0.2, 0) is 9.59 Å². The van der Waals surface area contributed by atoms with Crippen LogP contribution >= 0.6 is 0 Å². The molecule has 0 radical (unpaired) electrons. The molecule has 2 atom stereocenters. The molecule has 2 amide bonds. The van der Waals surface area contributed by atoms with Crippen LogP contribution in [0, 0.1) is 11.8 Å². The summed E-state index contributed by atoms with van der Waals surface area (Å²) in [5, 5.41) is 5.82. The highest BCUT2D eigenvalue weighted by Gasteiger charge is 2.29. The van der Waals surface area contributed by atoms with Gasteiger partial charge in [0.05, 0.1) is 5.71 Å². The molecule has 0 unspecified atom stereocenters. The number of likely N-dealkylation sites (tertiary alicyclic amines) is 1. The third-order valence-corrected chi connectivity index (χ3v) is 4.72. The fourth-order valence-electron chi connectivity index (χ4n) is 3.66. The summed E-state index contributed by atoms with van der Waals surface area (Å²) in [4.78, 5) is 26.7. The minimum absolute atomic E-state index is 0.000174. The van der Waals surface area contributed by atoms with Crippen molar-refractivity contribution in [3.05, 3.63) is 35.9 Å². The molecular formula is C19H25N3O2. The number of hydrazone groups is 1. The summed E-state index contributed by atoms with van der Waals surface area (Å²) in [7, 11) is 0. The first-order chi connectivity index (χ1) is 11.5. The van der Waals surface area contributed by atoms with Crippen LogP contribution in [0.25, 0.3) is 0 Å². The van der Waals surface area contributed by atoms with E-state index in [-0.39, 0.29) is 18.4 Å². The van der Waals surface area contributed by atoms with Crippen LogP contribution in [0.3, 0.4) is 0 Å². The van der Waals surface area contributed by atoms with Crippen molar-refractivity contribution in [3.63, 3.8) is 0 Å². The minimum atomic E-state index is -0.0684. The van der Waals surface area contributed by atoms with Crippen LogP contribution in [0.5, 0.6) is 0 Å². The van der Waals surface area contributed by atoms with Crippen molar-refractivity contribution in [2.75, 3.05) is 19.6 Å². The first-order valence-electron chi connectivity index (χ1n) is 8.74. The number of hydrogen-bond donors (Lipinski definition) is 0. The van der Waals surface area contributed by atoms with Crippen LogP contribution < -0.4 is 0 Å². The molecule has 3 rings (SSSR count). The van der Waals surface area contributed by atoms with Crippen molar-refractivity contribution in [2.45, 2.75) is 33.1 Å². The molecule has 2 aliphatic heterocycles. The van der Waals surface area contributed by atoms with E-state index < -0.39 is 0 Å². The number of amides is 2. The molecule has 2 aliphatic rings. The maximum Gasteiger partial charge on any atom is 0.244 e. The summed E-state index contributed by atoms with van der Waals surface area (Å²) in [6.45, 7) is 5.96. The van der Waals surface area contributed by atoms with E-state index >= 15 is 0 Å². The normalized spacial score (nSPS) is 24.8. The van der Waals surface area contributed by atoms with Crippen molar-refractivity contribution in [3.8, 4) is 0 Å². The highest BCUT2D eigenvalue weighted by Crippen LogP contribution is 2.22. The molecule has 0 spiro atoms. The smallest absolute Gasteiger partial charge is 0.244 e. The first kappa shape index (κ1) is 16.7. The molecule has 0 aliphatic carbocycles. The average Bonchev–Trinajstić information content (AvgIpc) is 2.56. The number of carbonyl (C=O) groups excluding carboxylic acids is 2. The number of carbonyl (C=O) groups is 2. The monoisotopic (exact) mass is 327 g/mol. The summed E-state index contributed by atoms with van der Waals surface area (Å²) in [5.74, 6) is 0.956. The summed E-state index contributed by atoms with van der Waals surface area (Å²) in [6, 6.07) is 9.85. The van der Waals surface area contributed by atoms with E-state index in [9.17, 15) is 9.59 Å². The second kappa shape index (κ2) is 7.16. The number of piperidine rings is 1. The van der Waals surface area contributed by atoms with Gasteiger partial charge in [0.25, 0.3) is 0 Å². The Labute approximate surface area is 143 Å². The van der Waals surface area contributed by atoms with Gasteiger partial charge in [-0.1, -0.05) is 44.2 Å². The average molecular weight is 327 g/mol. The quantitative estimate of drug-likeness (QED) is 0.856. The molecule has 2 heterocycles. The van der Waals surface area contributed by atoms with Crippen LogP contribution in [0.2, 0.25) is 0 Å². The largest absolute Gasteiger partial charge is 0.341 e. The van der Waals surface area contributed by atoms with Gasteiger partial charge in [-0.15, -0.1) is 0 Å². The molecule has 0 saturated carbocycles. The van der Waals surface area contributed by atoms with Crippen LogP contribution in [0.4, 0.5) is 0 Å². The van der Waals surface area contributed by atoms with E-state index in [1.54, 1.807) is 0 Å². The fraction of sp³-hybridized carbons (Fsp3) is 0.526. The summed E-state index contributed by atoms with van der Waals surface area (Å²) in [5.41, 5.74) is 1.89. The van der Waals surface area contributed by atoms with Crippen LogP contribution in [0.15, 0.2) is 35.4 Å². The SMILES string of the molecule is C[C@@H]1C[C@@H](C)CN(C(=O)CN2N=C(c3ccccc3)CCC2=O)C1. The molecular weight excluding hydrogens is 302 g/mol. The maximum absolute atomic E-state index is 12.6. The lowest BCUT2D eigenvalue weighted by molar-refractivity contribution is -0.142. The van der Waals surface area contributed by atoms with Crippen molar-refractivity contribution in [2.24, 2.45) is 16.9 Å². The van der Waals surface area contributed by atoms with E-state index in [2.05, 4.69) is 18.9 Å². The van der Waals surface area contributed by atoms with Gasteiger partial charge in [-0.05, 0) is 23.8 Å². The van der Waals surface area contributed by atoms with Gasteiger partial charge in [-0.2, -0.15) is 5.10 Å². The Morgan fingerprint density at radius 2 is 1.79 bits per heavy atom. The Hall–Kier alpha value is -2.17.